The van der Waals surface area contributed by atoms with Crippen LogP contribution >= 0.6 is 0 Å². The Morgan fingerprint density at radius 2 is 1.63 bits per heavy atom. The maximum absolute atomic E-state index is 13.7. The summed E-state index contributed by atoms with van der Waals surface area (Å²) >= 11 is 0. The molecule has 3 aromatic carbocycles. The van der Waals surface area contributed by atoms with Crippen LogP contribution in [0.4, 0.5) is 4.39 Å². The van der Waals surface area contributed by atoms with Crippen LogP contribution in [0, 0.1) is 11.7 Å². The van der Waals surface area contributed by atoms with Crippen molar-refractivity contribution >= 4 is 26.7 Å². The molecule has 1 unspecified atom stereocenters. The molecule has 0 saturated carbocycles. The molecule has 3 aromatic rings. The third-order valence-corrected chi connectivity index (χ3v) is 6.35. The van der Waals surface area contributed by atoms with Gasteiger partial charge in [0.15, 0.2) is 0 Å². The number of benzene rings is 3. The second kappa shape index (κ2) is 9.36. The number of fused-ring (bicyclic) bond motifs is 1. The van der Waals surface area contributed by atoms with Crippen molar-refractivity contribution in [2.24, 2.45) is 5.92 Å². The largest absolute Gasteiger partial charge is 0.354 e. The summed E-state index contributed by atoms with van der Waals surface area (Å²) in [6, 6.07) is 17.7. The number of carbonyl (C=O) groups excluding carboxylic acids is 1. The van der Waals surface area contributed by atoms with Gasteiger partial charge in [-0.15, -0.1) is 0 Å². The van der Waals surface area contributed by atoms with Crippen molar-refractivity contribution in [2.75, 3.05) is 6.54 Å². The van der Waals surface area contributed by atoms with Gasteiger partial charge in [-0.3, -0.25) is 4.79 Å². The number of sulfonamides is 1. The van der Waals surface area contributed by atoms with Gasteiger partial charge in [-0.25, -0.2) is 12.8 Å². The maximum Gasteiger partial charge on any atom is 0.241 e. The van der Waals surface area contributed by atoms with Crippen molar-refractivity contribution in [1.29, 1.82) is 0 Å². The molecule has 0 saturated heterocycles. The summed E-state index contributed by atoms with van der Waals surface area (Å²) in [6.07, 6.45) is 0.320. The molecule has 0 aliphatic heterocycles. The van der Waals surface area contributed by atoms with Crippen LogP contribution in [0.25, 0.3) is 10.8 Å². The second-order valence-corrected chi connectivity index (χ2v) is 9.20. The van der Waals surface area contributed by atoms with Crippen LogP contribution in [0.3, 0.4) is 0 Å². The summed E-state index contributed by atoms with van der Waals surface area (Å²) in [5, 5.41) is 4.45. The Morgan fingerprint density at radius 1 is 0.967 bits per heavy atom. The van der Waals surface area contributed by atoms with Crippen LogP contribution in [0.15, 0.2) is 71.6 Å². The van der Waals surface area contributed by atoms with E-state index < -0.39 is 22.0 Å². The van der Waals surface area contributed by atoms with E-state index in [1.165, 1.54) is 12.1 Å². The lowest BCUT2D eigenvalue weighted by Crippen LogP contribution is -2.49. The third-order valence-electron chi connectivity index (χ3n) is 4.91. The summed E-state index contributed by atoms with van der Waals surface area (Å²) in [5.74, 6) is -1.04. The molecule has 5 nitrogen and oxygen atoms in total. The van der Waals surface area contributed by atoms with Crippen molar-refractivity contribution in [3.8, 4) is 0 Å². The highest BCUT2D eigenvalue weighted by molar-refractivity contribution is 7.89. The Morgan fingerprint density at radius 3 is 2.33 bits per heavy atom. The zero-order chi connectivity index (χ0) is 21.7. The van der Waals surface area contributed by atoms with Gasteiger partial charge in [0.25, 0.3) is 0 Å². The van der Waals surface area contributed by atoms with Crippen molar-refractivity contribution in [2.45, 2.75) is 31.2 Å². The molecule has 30 heavy (non-hydrogen) atoms. The van der Waals surface area contributed by atoms with Gasteiger partial charge in [0.05, 0.1) is 4.90 Å². The van der Waals surface area contributed by atoms with E-state index in [1.54, 1.807) is 44.2 Å². The smallest absolute Gasteiger partial charge is 0.241 e. The molecule has 0 heterocycles. The van der Waals surface area contributed by atoms with E-state index in [4.69, 9.17) is 0 Å². The van der Waals surface area contributed by atoms with Crippen LogP contribution in [0.2, 0.25) is 0 Å². The SMILES string of the molecule is CC(C)C(NS(=O)(=O)c1ccc2ccccc2c1)C(=O)NCCc1ccccc1F. The topological polar surface area (TPSA) is 75.3 Å². The number of carbonyl (C=O) groups is 1. The fourth-order valence-corrected chi connectivity index (χ4v) is 4.57. The first-order valence-corrected chi connectivity index (χ1v) is 11.3. The van der Waals surface area contributed by atoms with Gasteiger partial charge in [0.2, 0.25) is 15.9 Å². The van der Waals surface area contributed by atoms with E-state index in [-0.39, 0.29) is 23.2 Å². The lowest BCUT2D eigenvalue weighted by atomic mass is 10.0. The monoisotopic (exact) mass is 428 g/mol. The minimum Gasteiger partial charge on any atom is -0.354 e. The average Bonchev–Trinajstić information content (AvgIpc) is 2.72. The highest BCUT2D eigenvalue weighted by atomic mass is 32.2. The summed E-state index contributed by atoms with van der Waals surface area (Å²) < 4.78 is 42.0. The van der Waals surface area contributed by atoms with Gasteiger partial charge in [0.1, 0.15) is 11.9 Å². The summed E-state index contributed by atoms with van der Waals surface area (Å²) in [6.45, 7) is 3.74. The molecule has 0 fully saturated rings. The van der Waals surface area contributed by atoms with E-state index >= 15 is 0 Å². The zero-order valence-corrected chi connectivity index (χ0v) is 17.7. The molecule has 0 aliphatic carbocycles. The van der Waals surface area contributed by atoms with Crippen LogP contribution < -0.4 is 10.0 Å². The predicted octanol–water partition coefficient (Wildman–Crippen LogP) is 3.64. The highest BCUT2D eigenvalue weighted by Gasteiger charge is 2.28. The quantitative estimate of drug-likeness (QED) is 0.575. The van der Waals surface area contributed by atoms with Crippen LogP contribution in [0.5, 0.6) is 0 Å². The molecule has 0 aliphatic rings. The molecule has 2 N–H and O–H groups in total. The second-order valence-electron chi connectivity index (χ2n) is 7.48. The summed E-state index contributed by atoms with van der Waals surface area (Å²) in [5.41, 5.74) is 0.496. The molecule has 7 heteroatoms. The van der Waals surface area contributed by atoms with E-state index in [9.17, 15) is 17.6 Å². The van der Waals surface area contributed by atoms with E-state index in [2.05, 4.69) is 10.0 Å². The number of nitrogens with one attached hydrogen (secondary N) is 2. The molecule has 0 radical (unpaired) electrons. The minimum atomic E-state index is -3.90. The van der Waals surface area contributed by atoms with Crippen molar-refractivity contribution in [3.05, 3.63) is 78.1 Å². The summed E-state index contributed by atoms with van der Waals surface area (Å²) in [7, 11) is -3.90. The number of hydrogen-bond donors (Lipinski definition) is 2. The number of halogens is 1. The molecule has 158 valence electrons. The Balaban J connectivity index is 1.70. The van der Waals surface area contributed by atoms with Crippen LogP contribution in [-0.2, 0) is 21.2 Å². The Bertz CT molecular complexity index is 1150. The normalized spacial score (nSPS) is 12.8. The molecule has 0 bridgehead atoms. The highest BCUT2D eigenvalue weighted by Crippen LogP contribution is 2.20. The van der Waals surface area contributed by atoms with E-state index in [1.807, 2.05) is 24.3 Å². The first-order valence-electron chi connectivity index (χ1n) is 9.80. The molecule has 0 spiro atoms. The molecule has 3 rings (SSSR count). The average molecular weight is 429 g/mol. The van der Waals surface area contributed by atoms with Gasteiger partial charge in [-0.1, -0.05) is 62.4 Å². The van der Waals surface area contributed by atoms with Crippen molar-refractivity contribution in [3.63, 3.8) is 0 Å². The first-order chi connectivity index (χ1) is 14.3. The Labute approximate surface area is 176 Å². The molecule has 1 atom stereocenters. The molecular formula is C23H25FN2O3S. The lowest BCUT2D eigenvalue weighted by Gasteiger charge is -2.22. The predicted molar refractivity (Wildman–Crippen MR) is 116 cm³/mol. The fraction of sp³-hybridized carbons (Fsp3) is 0.261. The maximum atomic E-state index is 13.7. The lowest BCUT2D eigenvalue weighted by molar-refractivity contribution is -0.123. The van der Waals surface area contributed by atoms with E-state index in [0.717, 1.165) is 10.8 Å². The van der Waals surface area contributed by atoms with Gasteiger partial charge in [-0.05, 0) is 46.9 Å². The Kier molecular flexibility index (Phi) is 6.84. The molecular weight excluding hydrogens is 403 g/mol. The number of amides is 1. The standard InChI is InChI=1S/C23H25FN2O3S/c1-16(2)22(23(27)25-14-13-18-8-5-6-10-21(18)24)26-30(28,29)20-12-11-17-7-3-4-9-19(17)15-20/h3-12,15-16,22,26H,13-14H2,1-2H3,(H,25,27). The number of hydrogen-bond acceptors (Lipinski definition) is 3. The van der Waals surface area contributed by atoms with Crippen molar-refractivity contribution < 1.29 is 17.6 Å². The van der Waals surface area contributed by atoms with Crippen LogP contribution in [-0.4, -0.2) is 26.9 Å². The van der Waals surface area contributed by atoms with E-state index in [0.29, 0.717) is 12.0 Å². The van der Waals surface area contributed by atoms with Gasteiger partial charge >= 0.3 is 0 Å². The third kappa shape index (κ3) is 5.23. The van der Waals surface area contributed by atoms with Gasteiger partial charge < -0.3 is 5.32 Å². The van der Waals surface area contributed by atoms with Gasteiger partial charge in [0, 0.05) is 6.54 Å². The van der Waals surface area contributed by atoms with Crippen molar-refractivity contribution in [1.82, 2.24) is 10.0 Å². The zero-order valence-electron chi connectivity index (χ0n) is 16.9. The fourth-order valence-electron chi connectivity index (χ4n) is 3.19. The van der Waals surface area contributed by atoms with Crippen LogP contribution in [0.1, 0.15) is 19.4 Å². The summed E-state index contributed by atoms with van der Waals surface area (Å²) in [4.78, 5) is 12.8. The number of rotatable bonds is 8. The Hall–Kier alpha value is -2.77. The van der Waals surface area contributed by atoms with Gasteiger partial charge in [-0.2, -0.15) is 4.72 Å². The first kappa shape index (κ1) is 21.9. The molecule has 0 aromatic heterocycles. The minimum absolute atomic E-state index is 0.103. The molecule has 1 amide bonds.